The number of hydrogen-bond donors (Lipinski definition) is 1. The maximum absolute atomic E-state index is 3.47. The van der Waals surface area contributed by atoms with Crippen LogP contribution in [-0.4, -0.2) is 6.54 Å². The topological polar surface area (TPSA) is 12.0 Å². The van der Waals surface area contributed by atoms with Gasteiger partial charge in [0.05, 0.1) is 0 Å². The molecular weight excluding hydrogens is 214 g/mol. The Morgan fingerprint density at radius 1 is 1.00 bits per heavy atom. The lowest BCUT2D eigenvalue weighted by molar-refractivity contribution is 0.654. The van der Waals surface area contributed by atoms with E-state index in [-0.39, 0.29) is 0 Å². The van der Waals surface area contributed by atoms with E-state index in [1.54, 1.807) is 0 Å². The molecule has 2 heteroatoms. The predicted molar refractivity (Wildman–Crippen MR) is 70.8 cm³/mol. The fraction of sp³-hybridized carbons (Fsp3) is 0.286. The smallest absolute Gasteiger partial charge is 0.0299 e. The summed E-state index contributed by atoms with van der Waals surface area (Å²) in [5.74, 6) is 0. The molecule has 0 atom stereocenters. The fourth-order valence-corrected chi connectivity index (χ4v) is 2.36. The Morgan fingerprint density at radius 2 is 1.88 bits per heavy atom. The quantitative estimate of drug-likeness (QED) is 0.751. The van der Waals surface area contributed by atoms with Crippen molar-refractivity contribution in [3.05, 3.63) is 58.3 Å². The van der Waals surface area contributed by atoms with Gasteiger partial charge < -0.3 is 5.32 Å². The highest BCUT2D eigenvalue weighted by Gasteiger charge is 1.94. The molecule has 16 heavy (non-hydrogen) atoms. The molecule has 0 saturated heterocycles. The van der Waals surface area contributed by atoms with Crippen molar-refractivity contribution in [3.63, 3.8) is 0 Å². The number of rotatable bonds is 6. The second-order valence-corrected chi connectivity index (χ2v) is 4.88. The lowest BCUT2D eigenvalue weighted by atomic mass is 10.1. The molecule has 0 aliphatic rings. The first-order valence-corrected chi connectivity index (χ1v) is 6.60. The number of nitrogens with one attached hydrogen (secondary N) is 1. The average Bonchev–Trinajstić information content (AvgIpc) is 2.83. The number of hydrogen-bond acceptors (Lipinski definition) is 2. The zero-order valence-corrected chi connectivity index (χ0v) is 10.2. The van der Waals surface area contributed by atoms with E-state index in [9.17, 15) is 0 Å². The van der Waals surface area contributed by atoms with Crippen molar-refractivity contribution in [2.75, 3.05) is 6.54 Å². The van der Waals surface area contributed by atoms with Crippen molar-refractivity contribution in [3.8, 4) is 0 Å². The summed E-state index contributed by atoms with van der Waals surface area (Å²) in [6.45, 7) is 2.10. The molecule has 0 aliphatic carbocycles. The summed E-state index contributed by atoms with van der Waals surface area (Å²) in [5.41, 5.74) is 1.43. The third-order valence-corrected chi connectivity index (χ3v) is 3.42. The second-order valence-electron chi connectivity index (χ2n) is 3.85. The average molecular weight is 231 g/mol. The first kappa shape index (κ1) is 11.4. The highest BCUT2D eigenvalue weighted by molar-refractivity contribution is 7.09. The van der Waals surface area contributed by atoms with Gasteiger partial charge in [-0.1, -0.05) is 36.4 Å². The van der Waals surface area contributed by atoms with Crippen LogP contribution >= 0.6 is 11.3 Å². The molecule has 0 saturated carbocycles. The Balaban J connectivity index is 1.59. The van der Waals surface area contributed by atoms with E-state index in [1.807, 2.05) is 11.3 Å². The Labute approximate surface area is 101 Å². The molecule has 0 spiro atoms. The van der Waals surface area contributed by atoms with Crippen molar-refractivity contribution in [2.24, 2.45) is 0 Å². The van der Waals surface area contributed by atoms with E-state index < -0.39 is 0 Å². The summed E-state index contributed by atoms with van der Waals surface area (Å²) in [6, 6.07) is 14.9. The standard InChI is InChI=1S/C14H17NS/c1-2-6-13(7-3-1)8-4-10-15-12-14-9-5-11-16-14/h1-3,5-7,9,11,15H,4,8,10,12H2. The Hall–Kier alpha value is -1.12. The van der Waals surface area contributed by atoms with Crippen LogP contribution in [0.2, 0.25) is 0 Å². The van der Waals surface area contributed by atoms with Gasteiger partial charge in [0.25, 0.3) is 0 Å². The molecule has 1 aromatic carbocycles. The first-order chi connectivity index (χ1) is 7.95. The molecule has 84 valence electrons. The molecule has 1 heterocycles. The molecule has 1 aromatic heterocycles. The maximum Gasteiger partial charge on any atom is 0.0299 e. The zero-order valence-electron chi connectivity index (χ0n) is 9.36. The highest BCUT2D eigenvalue weighted by Crippen LogP contribution is 2.07. The summed E-state index contributed by atoms with van der Waals surface area (Å²) < 4.78 is 0. The number of aryl methyl sites for hydroxylation is 1. The lowest BCUT2D eigenvalue weighted by Gasteiger charge is -2.03. The van der Waals surface area contributed by atoms with Crippen LogP contribution in [0.3, 0.4) is 0 Å². The van der Waals surface area contributed by atoms with Gasteiger partial charge in [-0.3, -0.25) is 0 Å². The monoisotopic (exact) mass is 231 g/mol. The summed E-state index contributed by atoms with van der Waals surface area (Å²) in [6.07, 6.45) is 2.37. The fourth-order valence-electron chi connectivity index (χ4n) is 1.69. The van der Waals surface area contributed by atoms with Gasteiger partial charge >= 0.3 is 0 Å². The third kappa shape index (κ3) is 3.80. The van der Waals surface area contributed by atoms with E-state index in [1.165, 1.54) is 16.9 Å². The molecule has 0 fully saturated rings. The summed E-state index contributed by atoms with van der Waals surface area (Å²) in [7, 11) is 0. The van der Waals surface area contributed by atoms with E-state index in [0.29, 0.717) is 0 Å². The van der Waals surface area contributed by atoms with Crippen LogP contribution in [0.5, 0.6) is 0 Å². The minimum absolute atomic E-state index is 1.01. The largest absolute Gasteiger partial charge is 0.312 e. The first-order valence-electron chi connectivity index (χ1n) is 5.72. The van der Waals surface area contributed by atoms with Gasteiger partial charge in [0, 0.05) is 11.4 Å². The van der Waals surface area contributed by atoms with Crippen LogP contribution in [0, 0.1) is 0 Å². The van der Waals surface area contributed by atoms with Gasteiger partial charge in [0.2, 0.25) is 0 Å². The van der Waals surface area contributed by atoms with Crippen LogP contribution in [0.25, 0.3) is 0 Å². The minimum Gasteiger partial charge on any atom is -0.312 e. The van der Waals surface area contributed by atoms with Gasteiger partial charge in [-0.15, -0.1) is 11.3 Å². The number of thiophene rings is 1. The molecule has 2 aromatic rings. The molecule has 0 unspecified atom stereocenters. The molecule has 0 bridgehead atoms. The summed E-state index contributed by atoms with van der Waals surface area (Å²) in [4.78, 5) is 1.42. The van der Waals surface area contributed by atoms with Crippen LogP contribution < -0.4 is 5.32 Å². The minimum atomic E-state index is 1.01. The molecular formula is C14H17NS. The zero-order chi connectivity index (χ0) is 11.1. The highest BCUT2D eigenvalue weighted by atomic mass is 32.1. The van der Waals surface area contributed by atoms with Crippen LogP contribution in [0.1, 0.15) is 16.9 Å². The molecule has 2 rings (SSSR count). The molecule has 1 nitrogen and oxygen atoms in total. The lowest BCUT2D eigenvalue weighted by Crippen LogP contribution is -2.14. The van der Waals surface area contributed by atoms with Gasteiger partial charge in [-0.05, 0) is 36.4 Å². The van der Waals surface area contributed by atoms with Crippen LogP contribution in [0.15, 0.2) is 47.8 Å². The van der Waals surface area contributed by atoms with Gasteiger partial charge in [-0.25, -0.2) is 0 Å². The Morgan fingerprint density at radius 3 is 2.62 bits per heavy atom. The Kier molecular flexibility index (Phi) is 4.59. The van der Waals surface area contributed by atoms with Crippen molar-refractivity contribution in [1.29, 1.82) is 0 Å². The summed E-state index contributed by atoms with van der Waals surface area (Å²) >= 11 is 1.81. The SMILES string of the molecule is c1ccc(CCCNCc2cccs2)cc1. The maximum atomic E-state index is 3.47. The van der Waals surface area contributed by atoms with Gasteiger partial charge in [0.1, 0.15) is 0 Å². The van der Waals surface area contributed by atoms with Crippen molar-refractivity contribution >= 4 is 11.3 Å². The van der Waals surface area contributed by atoms with Crippen molar-refractivity contribution in [1.82, 2.24) is 5.32 Å². The summed E-state index contributed by atoms with van der Waals surface area (Å²) in [5, 5.41) is 5.59. The normalized spacial score (nSPS) is 10.5. The second kappa shape index (κ2) is 6.46. The van der Waals surface area contributed by atoms with Crippen LogP contribution in [-0.2, 0) is 13.0 Å². The van der Waals surface area contributed by atoms with Crippen LogP contribution in [0.4, 0.5) is 0 Å². The van der Waals surface area contributed by atoms with Gasteiger partial charge in [0.15, 0.2) is 0 Å². The molecule has 0 radical (unpaired) electrons. The number of benzene rings is 1. The molecule has 0 amide bonds. The molecule has 1 N–H and O–H groups in total. The van der Waals surface area contributed by atoms with E-state index in [0.717, 1.165) is 19.5 Å². The van der Waals surface area contributed by atoms with Crippen molar-refractivity contribution in [2.45, 2.75) is 19.4 Å². The van der Waals surface area contributed by atoms with Gasteiger partial charge in [-0.2, -0.15) is 0 Å². The Bertz CT molecular complexity index is 380. The van der Waals surface area contributed by atoms with E-state index >= 15 is 0 Å². The van der Waals surface area contributed by atoms with E-state index in [4.69, 9.17) is 0 Å². The van der Waals surface area contributed by atoms with E-state index in [2.05, 4.69) is 53.2 Å². The molecule has 0 aliphatic heterocycles. The predicted octanol–water partition coefficient (Wildman–Crippen LogP) is 3.47. The third-order valence-electron chi connectivity index (χ3n) is 2.54. The van der Waals surface area contributed by atoms with Crippen molar-refractivity contribution < 1.29 is 0 Å².